The van der Waals surface area contributed by atoms with E-state index in [4.69, 9.17) is 26.2 Å². The minimum Gasteiger partial charge on any atom is -0.490 e. The maximum absolute atomic E-state index is 11.7. The molecule has 0 heterocycles. The van der Waals surface area contributed by atoms with Crippen LogP contribution in [-0.2, 0) is 9.53 Å². The summed E-state index contributed by atoms with van der Waals surface area (Å²) in [6.45, 7) is 1.40. The fourth-order valence-electron chi connectivity index (χ4n) is 1.43. The van der Waals surface area contributed by atoms with Gasteiger partial charge < -0.3 is 30.3 Å². The number of aliphatic hydroxyl groups is 1. The van der Waals surface area contributed by atoms with Crippen LogP contribution in [-0.4, -0.2) is 54.7 Å². The van der Waals surface area contributed by atoms with Gasteiger partial charge in [-0.1, -0.05) is 11.6 Å². The third kappa shape index (κ3) is 6.31. The van der Waals surface area contributed by atoms with E-state index in [9.17, 15) is 14.7 Å². The SMILES string of the molecule is COCCOc1ccc(NC(=O)NCC(C)(O)C(=O)O)cc1Cl. The van der Waals surface area contributed by atoms with Crippen LogP contribution in [0.2, 0.25) is 5.02 Å². The Morgan fingerprint density at radius 2 is 2.04 bits per heavy atom. The lowest BCUT2D eigenvalue weighted by molar-refractivity contribution is -0.155. The Hall–Kier alpha value is -2.03. The molecule has 0 aliphatic carbocycles. The van der Waals surface area contributed by atoms with Gasteiger partial charge in [0.2, 0.25) is 0 Å². The lowest BCUT2D eigenvalue weighted by Gasteiger charge is -2.18. The van der Waals surface area contributed by atoms with Crippen molar-refractivity contribution in [1.29, 1.82) is 0 Å². The van der Waals surface area contributed by atoms with Crippen molar-refractivity contribution in [2.45, 2.75) is 12.5 Å². The number of nitrogens with one attached hydrogen (secondary N) is 2. The summed E-state index contributed by atoms with van der Waals surface area (Å²) in [4.78, 5) is 22.4. The van der Waals surface area contributed by atoms with E-state index >= 15 is 0 Å². The van der Waals surface area contributed by atoms with Gasteiger partial charge in [-0.15, -0.1) is 0 Å². The lowest BCUT2D eigenvalue weighted by Crippen LogP contribution is -2.47. The Morgan fingerprint density at radius 3 is 2.61 bits per heavy atom. The Kier molecular flexibility index (Phi) is 7.08. The zero-order valence-electron chi connectivity index (χ0n) is 12.8. The van der Waals surface area contributed by atoms with Gasteiger partial charge in [0.1, 0.15) is 12.4 Å². The molecule has 1 unspecified atom stereocenters. The normalized spacial score (nSPS) is 13.0. The van der Waals surface area contributed by atoms with E-state index in [0.29, 0.717) is 29.7 Å². The number of urea groups is 1. The van der Waals surface area contributed by atoms with E-state index in [1.165, 1.54) is 6.07 Å². The summed E-state index contributed by atoms with van der Waals surface area (Å²) < 4.78 is 10.2. The molecule has 4 N–H and O–H groups in total. The first kappa shape index (κ1) is 19.0. The lowest BCUT2D eigenvalue weighted by atomic mass is 10.1. The molecule has 1 atom stereocenters. The number of carboxylic acid groups (broad SMARTS) is 1. The third-order valence-corrected chi connectivity index (χ3v) is 3.08. The van der Waals surface area contributed by atoms with Gasteiger partial charge in [0, 0.05) is 12.8 Å². The van der Waals surface area contributed by atoms with E-state index in [1.807, 2.05) is 0 Å². The van der Waals surface area contributed by atoms with Gasteiger partial charge in [-0.25, -0.2) is 9.59 Å². The van der Waals surface area contributed by atoms with Crippen molar-refractivity contribution in [1.82, 2.24) is 5.32 Å². The highest BCUT2D eigenvalue weighted by Gasteiger charge is 2.30. The van der Waals surface area contributed by atoms with Crippen molar-refractivity contribution in [3.63, 3.8) is 0 Å². The quantitative estimate of drug-likeness (QED) is 0.527. The predicted octanol–water partition coefficient (Wildman–Crippen LogP) is 1.32. The Bertz CT molecular complexity index is 564. The first-order chi connectivity index (χ1) is 10.8. The van der Waals surface area contributed by atoms with E-state index < -0.39 is 24.1 Å². The molecule has 9 heteroatoms. The molecule has 1 aromatic carbocycles. The molecule has 0 aromatic heterocycles. The molecule has 0 spiro atoms. The number of carbonyl (C=O) groups is 2. The largest absolute Gasteiger partial charge is 0.490 e. The molecule has 2 amide bonds. The molecular formula is C14H19ClN2O6. The molecule has 0 radical (unpaired) electrons. The topological polar surface area (TPSA) is 117 Å². The highest BCUT2D eigenvalue weighted by Crippen LogP contribution is 2.27. The Balaban J connectivity index is 2.55. The fraction of sp³-hybridized carbons (Fsp3) is 0.429. The Morgan fingerprint density at radius 1 is 1.35 bits per heavy atom. The Labute approximate surface area is 138 Å². The number of carbonyl (C=O) groups excluding carboxylic acids is 1. The third-order valence-electron chi connectivity index (χ3n) is 2.79. The zero-order chi connectivity index (χ0) is 17.5. The average Bonchev–Trinajstić information content (AvgIpc) is 2.47. The van der Waals surface area contributed by atoms with Crippen LogP contribution in [0.4, 0.5) is 10.5 Å². The number of anilines is 1. The minimum absolute atomic E-state index is 0.302. The van der Waals surface area contributed by atoms with Crippen LogP contribution in [0.25, 0.3) is 0 Å². The maximum atomic E-state index is 11.7. The second-order valence-corrected chi connectivity index (χ2v) is 5.28. The van der Waals surface area contributed by atoms with Gasteiger partial charge in [-0.05, 0) is 25.1 Å². The minimum atomic E-state index is -2.05. The molecule has 1 aromatic rings. The first-order valence-corrected chi connectivity index (χ1v) is 7.06. The van der Waals surface area contributed by atoms with Crippen LogP contribution >= 0.6 is 11.6 Å². The van der Waals surface area contributed by atoms with Crippen molar-refractivity contribution < 1.29 is 29.3 Å². The number of hydrogen-bond donors (Lipinski definition) is 4. The highest BCUT2D eigenvalue weighted by molar-refractivity contribution is 6.32. The van der Waals surface area contributed by atoms with Gasteiger partial charge >= 0.3 is 12.0 Å². The van der Waals surface area contributed by atoms with Crippen LogP contribution < -0.4 is 15.4 Å². The van der Waals surface area contributed by atoms with Crippen molar-refractivity contribution in [3.8, 4) is 5.75 Å². The van der Waals surface area contributed by atoms with E-state index in [1.54, 1.807) is 19.2 Å². The summed E-state index contributed by atoms with van der Waals surface area (Å²) in [6.07, 6.45) is 0. The van der Waals surface area contributed by atoms with Crippen LogP contribution in [0.5, 0.6) is 5.75 Å². The summed E-state index contributed by atoms with van der Waals surface area (Å²) in [7, 11) is 1.55. The molecular weight excluding hydrogens is 328 g/mol. The van der Waals surface area contributed by atoms with Gasteiger partial charge in [0.05, 0.1) is 18.2 Å². The molecule has 0 aliphatic rings. The fourth-order valence-corrected chi connectivity index (χ4v) is 1.67. The number of ether oxygens (including phenoxy) is 2. The number of amides is 2. The van der Waals surface area contributed by atoms with Crippen molar-refractivity contribution in [2.75, 3.05) is 32.2 Å². The van der Waals surface area contributed by atoms with E-state index in [2.05, 4.69) is 10.6 Å². The number of halogens is 1. The molecule has 0 aliphatic heterocycles. The number of hydrogen-bond acceptors (Lipinski definition) is 5. The second-order valence-electron chi connectivity index (χ2n) is 4.87. The summed E-state index contributed by atoms with van der Waals surface area (Å²) in [5.74, 6) is -0.984. The van der Waals surface area contributed by atoms with Gasteiger partial charge in [-0.2, -0.15) is 0 Å². The van der Waals surface area contributed by atoms with Gasteiger partial charge in [0.25, 0.3) is 0 Å². The molecule has 128 valence electrons. The highest BCUT2D eigenvalue weighted by atomic mass is 35.5. The number of rotatable bonds is 8. The zero-order valence-corrected chi connectivity index (χ0v) is 13.5. The monoisotopic (exact) mass is 346 g/mol. The molecule has 0 fully saturated rings. The summed E-state index contributed by atoms with van der Waals surface area (Å²) >= 11 is 6.03. The molecule has 1 rings (SSSR count). The van der Waals surface area contributed by atoms with E-state index in [0.717, 1.165) is 6.92 Å². The smallest absolute Gasteiger partial charge is 0.337 e. The molecule has 0 bridgehead atoms. The standard InChI is InChI=1S/C14H19ClN2O6/c1-14(21,12(18)19)8-16-13(20)17-9-3-4-11(10(15)7-9)23-6-5-22-2/h3-4,7,21H,5-6,8H2,1-2H3,(H,18,19)(H2,16,17,20). The maximum Gasteiger partial charge on any atom is 0.337 e. The summed E-state index contributed by atoms with van der Waals surface area (Å²) in [6, 6.07) is 3.97. The van der Waals surface area contributed by atoms with Crippen molar-refractivity contribution in [3.05, 3.63) is 23.2 Å². The van der Waals surface area contributed by atoms with Gasteiger partial charge in [-0.3, -0.25) is 0 Å². The van der Waals surface area contributed by atoms with Crippen LogP contribution in [0, 0.1) is 0 Å². The van der Waals surface area contributed by atoms with Crippen LogP contribution in [0.15, 0.2) is 18.2 Å². The number of aliphatic carboxylic acids is 1. The first-order valence-electron chi connectivity index (χ1n) is 6.68. The number of benzene rings is 1. The van der Waals surface area contributed by atoms with Crippen molar-refractivity contribution >= 4 is 29.3 Å². The molecule has 8 nitrogen and oxygen atoms in total. The van der Waals surface area contributed by atoms with Gasteiger partial charge in [0.15, 0.2) is 5.60 Å². The second kappa shape index (κ2) is 8.56. The van der Waals surface area contributed by atoms with Crippen LogP contribution in [0.3, 0.4) is 0 Å². The molecule has 23 heavy (non-hydrogen) atoms. The van der Waals surface area contributed by atoms with E-state index in [-0.39, 0.29) is 0 Å². The van der Waals surface area contributed by atoms with Crippen molar-refractivity contribution in [2.24, 2.45) is 0 Å². The molecule has 0 saturated heterocycles. The number of carboxylic acids is 1. The molecule has 0 saturated carbocycles. The summed E-state index contributed by atoms with van der Waals surface area (Å²) in [5, 5.41) is 23.3. The average molecular weight is 347 g/mol. The van der Waals surface area contributed by atoms with Crippen LogP contribution in [0.1, 0.15) is 6.92 Å². The predicted molar refractivity (Wildman–Crippen MR) is 84.1 cm³/mol. The summed E-state index contributed by atoms with van der Waals surface area (Å²) in [5.41, 5.74) is -1.66. The number of methoxy groups -OCH3 is 1.